The van der Waals surface area contributed by atoms with Crippen LogP contribution in [0.25, 0.3) is 0 Å². The summed E-state index contributed by atoms with van der Waals surface area (Å²) in [5.41, 5.74) is 0.0516. The predicted molar refractivity (Wildman–Crippen MR) is 53.8 cm³/mol. The van der Waals surface area contributed by atoms with E-state index >= 15 is 0 Å². The summed E-state index contributed by atoms with van der Waals surface area (Å²) in [6, 6.07) is 0. The van der Waals surface area contributed by atoms with E-state index in [0.717, 1.165) is 10.8 Å². The topological polar surface area (TPSA) is 9.23 Å². The van der Waals surface area contributed by atoms with Gasteiger partial charge in [0.1, 0.15) is 0 Å². The fraction of sp³-hybridized carbons (Fsp3) is 1.00. The molecule has 0 rings (SSSR count). The minimum atomic E-state index is 0.0516. The Labute approximate surface area is 77.7 Å². The van der Waals surface area contributed by atoms with E-state index in [1.165, 1.54) is 0 Å². The lowest BCUT2D eigenvalue weighted by Gasteiger charge is -2.26. The first-order valence-corrected chi connectivity index (χ1v) is 5.28. The molecule has 0 spiro atoms. The van der Waals surface area contributed by atoms with Gasteiger partial charge in [-0.3, -0.25) is 0 Å². The monoisotopic (exact) mass is 256 g/mol. The van der Waals surface area contributed by atoms with Crippen molar-refractivity contribution in [2.45, 2.75) is 45.8 Å². The molecule has 0 heterocycles. The van der Waals surface area contributed by atoms with Gasteiger partial charge in [-0.1, -0.05) is 29.5 Å². The van der Waals surface area contributed by atoms with Crippen LogP contribution in [0.2, 0.25) is 0 Å². The Morgan fingerprint density at radius 2 is 2.00 bits per heavy atom. The first kappa shape index (κ1) is 10.7. The van der Waals surface area contributed by atoms with Gasteiger partial charge in [0.2, 0.25) is 0 Å². The highest BCUT2D eigenvalue weighted by molar-refractivity contribution is 14.1. The Kier molecular flexibility index (Phi) is 4.86. The van der Waals surface area contributed by atoms with E-state index in [2.05, 4.69) is 50.3 Å². The molecule has 0 aromatic rings. The first-order chi connectivity index (χ1) is 4.52. The van der Waals surface area contributed by atoms with Gasteiger partial charge >= 0.3 is 0 Å². The van der Waals surface area contributed by atoms with Gasteiger partial charge in [0.05, 0.1) is 11.7 Å². The van der Waals surface area contributed by atoms with Gasteiger partial charge < -0.3 is 4.74 Å². The lowest BCUT2D eigenvalue weighted by molar-refractivity contribution is -0.0471. The molecule has 0 fully saturated rings. The summed E-state index contributed by atoms with van der Waals surface area (Å²) >= 11 is 2.35. The van der Waals surface area contributed by atoms with Gasteiger partial charge in [-0.2, -0.15) is 0 Å². The van der Waals surface area contributed by atoms with Crippen LogP contribution in [0.15, 0.2) is 0 Å². The van der Waals surface area contributed by atoms with E-state index < -0.39 is 0 Å². The molecular formula is C8H17IO. The van der Waals surface area contributed by atoms with Crippen LogP contribution in [0.4, 0.5) is 0 Å². The molecule has 0 saturated heterocycles. The second-order valence-corrected chi connectivity index (χ2v) is 3.99. The van der Waals surface area contributed by atoms with Gasteiger partial charge in [0, 0.05) is 4.43 Å². The second-order valence-electron chi connectivity index (χ2n) is 3.23. The second kappa shape index (κ2) is 4.54. The molecule has 1 atom stereocenters. The highest BCUT2D eigenvalue weighted by atomic mass is 127. The maximum atomic E-state index is 5.73. The van der Waals surface area contributed by atoms with Crippen molar-refractivity contribution in [2.24, 2.45) is 0 Å². The summed E-state index contributed by atoms with van der Waals surface area (Å²) in [6.45, 7) is 8.53. The molecule has 10 heavy (non-hydrogen) atoms. The molecule has 1 unspecified atom stereocenters. The van der Waals surface area contributed by atoms with Crippen molar-refractivity contribution in [3.63, 3.8) is 0 Å². The van der Waals surface area contributed by atoms with Crippen LogP contribution in [0, 0.1) is 0 Å². The summed E-state index contributed by atoms with van der Waals surface area (Å²) < 4.78 is 6.78. The Bertz CT molecular complexity index is 91.3. The van der Waals surface area contributed by atoms with E-state index in [9.17, 15) is 0 Å². The number of rotatable bonds is 4. The van der Waals surface area contributed by atoms with Gasteiger partial charge in [-0.05, 0) is 27.2 Å². The molecule has 62 valence electrons. The van der Waals surface area contributed by atoms with Gasteiger partial charge in [0.25, 0.3) is 0 Å². The quantitative estimate of drug-likeness (QED) is 0.555. The van der Waals surface area contributed by atoms with Crippen molar-refractivity contribution in [1.82, 2.24) is 0 Å². The number of halogens is 1. The molecule has 0 aliphatic carbocycles. The zero-order chi connectivity index (χ0) is 8.20. The SMILES string of the molecule is CCC(C)OC(C)(C)CI. The summed E-state index contributed by atoms with van der Waals surface area (Å²) in [4.78, 5) is 0. The van der Waals surface area contributed by atoms with Crippen LogP contribution in [0.3, 0.4) is 0 Å². The summed E-state index contributed by atoms with van der Waals surface area (Å²) in [6.07, 6.45) is 1.49. The first-order valence-electron chi connectivity index (χ1n) is 3.75. The van der Waals surface area contributed by atoms with E-state index in [4.69, 9.17) is 4.74 Å². The minimum absolute atomic E-state index is 0.0516. The average Bonchev–Trinajstić information content (AvgIpc) is 1.87. The summed E-state index contributed by atoms with van der Waals surface area (Å²) in [5, 5.41) is 0. The van der Waals surface area contributed by atoms with Crippen LogP contribution in [-0.4, -0.2) is 16.1 Å². The molecule has 2 heteroatoms. The molecule has 0 amide bonds. The van der Waals surface area contributed by atoms with Crippen LogP contribution in [0.5, 0.6) is 0 Å². The summed E-state index contributed by atoms with van der Waals surface area (Å²) in [7, 11) is 0. The summed E-state index contributed by atoms with van der Waals surface area (Å²) in [5.74, 6) is 0. The minimum Gasteiger partial charge on any atom is -0.372 e. The van der Waals surface area contributed by atoms with Crippen molar-refractivity contribution in [3.8, 4) is 0 Å². The molecule has 1 nitrogen and oxygen atoms in total. The number of hydrogen-bond donors (Lipinski definition) is 0. The van der Waals surface area contributed by atoms with Gasteiger partial charge in [-0.15, -0.1) is 0 Å². The van der Waals surface area contributed by atoms with Crippen LogP contribution < -0.4 is 0 Å². The van der Waals surface area contributed by atoms with Crippen LogP contribution in [0.1, 0.15) is 34.1 Å². The number of hydrogen-bond acceptors (Lipinski definition) is 1. The van der Waals surface area contributed by atoms with Crippen molar-refractivity contribution in [3.05, 3.63) is 0 Å². The molecule has 0 aliphatic heterocycles. The van der Waals surface area contributed by atoms with Crippen LogP contribution in [-0.2, 0) is 4.74 Å². The molecule has 0 saturated carbocycles. The van der Waals surface area contributed by atoms with Crippen molar-refractivity contribution < 1.29 is 4.74 Å². The zero-order valence-corrected chi connectivity index (χ0v) is 9.44. The highest BCUT2D eigenvalue weighted by Gasteiger charge is 2.18. The normalized spacial score (nSPS) is 15.3. The maximum Gasteiger partial charge on any atom is 0.0719 e. The van der Waals surface area contributed by atoms with Crippen molar-refractivity contribution in [2.75, 3.05) is 4.43 Å². The van der Waals surface area contributed by atoms with Crippen molar-refractivity contribution >= 4 is 22.6 Å². The third-order valence-corrected chi connectivity index (χ3v) is 3.25. The molecule has 0 N–H and O–H groups in total. The number of ether oxygens (including phenoxy) is 1. The van der Waals surface area contributed by atoms with Crippen molar-refractivity contribution in [1.29, 1.82) is 0 Å². The molecule has 0 aromatic heterocycles. The van der Waals surface area contributed by atoms with E-state index in [1.807, 2.05) is 0 Å². The molecule has 0 bridgehead atoms. The molecule has 0 aromatic carbocycles. The Balaban J connectivity index is 3.64. The van der Waals surface area contributed by atoms with Gasteiger partial charge in [-0.25, -0.2) is 0 Å². The third kappa shape index (κ3) is 4.50. The fourth-order valence-corrected chi connectivity index (χ4v) is 0.839. The van der Waals surface area contributed by atoms with Crippen LogP contribution >= 0.6 is 22.6 Å². The molecule has 0 radical (unpaired) electrons. The third-order valence-electron chi connectivity index (χ3n) is 1.42. The van der Waals surface area contributed by atoms with E-state index in [0.29, 0.717) is 6.10 Å². The van der Waals surface area contributed by atoms with Gasteiger partial charge in [0.15, 0.2) is 0 Å². The smallest absolute Gasteiger partial charge is 0.0719 e. The largest absolute Gasteiger partial charge is 0.372 e. The zero-order valence-electron chi connectivity index (χ0n) is 7.28. The Hall–Kier alpha value is 0.690. The molecular weight excluding hydrogens is 239 g/mol. The predicted octanol–water partition coefficient (Wildman–Crippen LogP) is 3.02. The highest BCUT2D eigenvalue weighted by Crippen LogP contribution is 2.16. The Morgan fingerprint density at radius 1 is 1.50 bits per heavy atom. The average molecular weight is 256 g/mol. The standard InChI is InChI=1S/C8H17IO/c1-5-7(2)10-8(3,4)6-9/h7H,5-6H2,1-4H3. The Morgan fingerprint density at radius 3 is 2.30 bits per heavy atom. The maximum absolute atomic E-state index is 5.73. The molecule has 0 aliphatic rings. The fourth-order valence-electron chi connectivity index (χ4n) is 0.659. The van der Waals surface area contributed by atoms with E-state index in [-0.39, 0.29) is 5.60 Å². The number of alkyl halides is 1. The van der Waals surface area contributed by atoms with E-state index in [1.54, 1.807) is 0 Å². The lowest BCUT2D eigenvalue weighted by Crippen LogP contribution is -2.30. The lowest BCUT2D eigenvalue weighted by atomic mass is 10.2.